The van der Waals surface area contributed by atoms with Crippen LogP contribution in [0.3, 0.4) is 0 Å². The summed E-state index contributed by atoms with van der Waals surface area (Å²) in [6, 6.07) is 4.90. The highest BCUT2D eigenvalue weighted by molar-refractivity contribution is 9.10. The summed E-state index contributed by atoms with van der Waals surface area (Å²) in [5.74, 6) is -0.306. The minimum Gasteiger partial charge on any atom is -0.305 e. The minimum absolute atomic E-state index is 0.0638. The number of carbonyl (C=O) groups excluding carboxylic acids is 1. The lowest BCUT2D eigenvalue weighted by molar-refractivity contribution is 0.102. The summed E-state index contributed by atoms with van der Waals surface area (Å²) in [6.07, 6.45) is 1.20. The normalized spacial score (nSPS) is 10.3. The molecule has 0 spiro atoms. The average Bonchev–Trinajstić information content (AvgIpc) is 2.34. The van der Waals surface area contributed by atoms with Gasteiger partial charge in [-0.2, -0.15) is 0 Å². The molecule has 1 aromatic carbocycles. The van der Waals surface area contributed by atoms with E-state index in [9.17, 15) is 4.79 Å². The van der Waals surface area contributed by atoms with Crippen LogP contribution in [0.5, 0.6) is 0 Å². The summed E-state index contributed by atoms with van der Waals surface area (Å²) in [4.78, 5) is 19.6. The van der Waals surface area contributed by atoms with Crippen LogP contribution in [-0.4, -0.2) is 15.9 Å². The molecule has 0 saturated heterocycles. The van der Waals surface area contributed by atoms with E-state index in [-0.39, 0.29) is 16.0 Å². The first-order valence-electron chi connectivity index (χ1n) is 4.91. The SMILES string of the molecule is O=C(Nc1ncnc(Cl)c1Cl)c1ccc(Br)cc1Cl. The lowest BCUT2D eigenvalue weighted by atomic mass is 10.2. The Morgan fingerprint density at radius 3 is 2.63 bits per heavy atom. The van der Waals surface area contributed by atoms with E-state index in [4.69, 9.17) is 34.8 Å². The second-order valence-electron chi connectivity index (χ2n) is 3.41. The number of rotatable bonds is 2. The Bertz CT molecular complexity index is 651. The zero-order valence-corrected chi connectivity index (χ0v) is 13.0. The molecule has 98 valence electrons. The Kier molecular flexibility index (Phi) is 4.62. The number of hydrogen-bond acceptors (Lipinski definition) is 3. The van der Waals surface area contributed by atoms with Gasteiger partial charge in [0.1, 0.15) is 11.3 Å². The highest BCUT2D eigenvalue weighted by Crippen LogP contribution is 2.27. The summed E-state index contributed by atoms with van der Waals surface area (Å²) in [5.41, 5.74) is 0.302. The van der Waals surface area contributed by atoms with Gasteiger partial charge in [-0.1, -0.05) is 50.7 Å². The molecule has 2 aromatic rings. The Balaban J connectivity index is 2.28. The Morgan fingerprint density at radius 1 is 1.21 bits per heavy atom. The predicted molar refractivity (Wildman–Crippen MR) is 79.2 cm³/mol. The molecule has 0 radical (unpaired) electrons. The van der Waals surface area contributed by atoms with Crippen LogP contribution in [0.4, 0.5) is 5.82 Å². The molecule has 19 heavy (non-hydrogen) atoms. The molecule has 4 nitrogen and oxygen atoms in total. The maximum atomic E-state index is 12.0. The van der Waals surface area contributed by atoms with Gasteiger partial charge in [0.15, 0.2) is 11.0 Å². The summed E-state index contributed by atoms with van der Waals surface area (Å²) in [5, 5.41) is 2.97. The van der Waals surface area contributed by atoms with Gasteiger partial charge >= 0.3 is 0 Å². The smallest absolute Gasteiger partial charge is 0.258 e. The summed E-state index contributed by atoms with van der Waals surface area (Å²) < 4.78 is 0.775. The highest BCUT2D eigenvalue weighted by atomic mass is 79.9. The number of carbonyl (C=O) groups is 1. The molecule has 1 N–H and O–H groups in total. The molecule has 2 rings (SSSR count). The first-order chi connectivity index (χ1) is 8.99. The largest absolute Gasteiger partial charge is 0.305 e. The second-order valence-corrected chi connectivity index (χ2v) is 5.46. The number of nitrogens with zero attached hydrogens (tertiary/aromatic N) is 2. The van der Waals surface area contributed by atoms with Crippen LogP contribution >= 0.6 is 50.7 Å². The van der Waals surface area contributed by atoms with Gasteiger partial charge in [0.05, 0.1) is 10.6 Å². The molecule has 0 fully saturated rings. The number of amides is 1. The van der Waals surface area contributed by atoms with E-state index >= 15 is 0 Å². The number of halogens is 4. The average molecular weight is 381 g/mol. The van der Waals surface area contributed by atoms with Crippen molar-refractivity contribution in [3.8, 4) is 0 Å². The van der Waals surface area contributed by atoms with Gasteiger partial charge in [-0.15, -0.1) is 0 Å². The molecule has 1 heterocycles. The Hall–Kier alpha value is -0.880. The first-order valence-corrected chi connectivity index (χ1v) is 6.84. The molecule has 8 heteroatoms. The fourth-order valence-electron chi connectivity index (χ4n) is 1.28. The van der Waals surface area contributed by atoms with Crippen molar-refractivity contribution in [3.05, 3.63) is 49.8 Å². The molecule has 1 amide bonds. The van der Waals surface area contributed by atoms with E-state index in [1.54, 1.807) is 18.2 Å². The van der Waals surface area contributed by atoms with Gasteiger partial charge < -0.3 is 5.32 Å². The number of anilines is 1. The molecule has 0 saturated carbocycles. The molecule has 0 unspecified atom stereocenters. The zero-order valence-electron chi connectivity index (χ0n) is 9.12. The first kappa shape index (κ1) is 14.5. The van der Waals surface area contributed by atoms with E-state index in [1.807, 2.05) is 0 Å². The van der Waals surface area contributed by atoms with Crippen molar-refractivity contribution in [3.63, 3.8) is 0 Å². The zero-order chi connectivity index (χ0) is 14.0. The van der Waals surface area contributed by atoms with Crippen LogP contribution in [0, 0.1) is 0 Å². The molecule has 1 aromatic heterocycles. The van der Waals surface area contributed by atoms with Crippen LogP contribution in [0.2, 0.25) is 15.2 Å². The van der Waals surface area contributed by atoms with Crippen molar-refractivity contribution in [2.24, 2.45) is 0 Å². The van der Waals surface area contributed by atoms with E-state index in [0.717, 1.165) is 4.47 Å². The van der Waals surface area contributed by atoms with Gasteiger partial charge in [0.25, 0.3) is 5.91 Å². The van der Waals surface area contributed by atoms with Crippen molar-refractivity contribution in [1.82, 2.24) is 9.97 Å². The molecule has 0 aliphatic carbocycles. The quantitative estimate of drug-likeness (QED) is 0.782. The van der Waals surface area contributed by atoms with E-state index in [1.165, 1.54) is 6.33 Å². The van der Waals surface area contributed by atoms with E-state index < -0.39 is 5.91 Å². The van der Waals surface area contributed by atoms with E-state index in [2.05, 4.69) is 31.2 Å². The molecule has 0 bridgehead atoms. The van der Waals surface area contributed by atoms with Crippen molar-refractivity contribution in [1.29, 1.82) is 0 Å². The van der Waals surface area contributed by atoms with Crippen molar-refractivity contribution in [2.45, 2.75) is 0 Å². The minimum atomic E-state index is -0.436. The fourth-order valence-corrected chi connectivity index (χ4v) is 2.32. The fraction of sp³-hybridized carbons (Fsp3) is 0. The monoisotopic (exact) mass is 379 g/mol. The van der Waals surface area contributed by atoms with Crippen molar-refractivity contribution in [2.75, 3.05) is 5.32 Å². The predicted octanol–water partition coefficient (Wildman–Crippen LogP) is 4.45. The number of hydrogen-bond donors (Lipinski definition) is 1. The lowest BCUT2D eigenvalue weighted by Gasteiger charge is -2.08. The molecule has 0 aliphatic heterocycles. The second kappa shape index (κ2) is 6.05. The van der Waals surface area contributed by atoms with Crippen LogP contribution in [0.15, 0.2) is 29.0 Å². The summed E-state index contributed by atoms with van der Waals surface area (Å²) >= 11 is 20.8. The lowest BCUT2D eigenvalue weighted by Crippen LogP contribution is -2.14. The third-order valence-corrected chi connectivity index (χ3v) is 3.70. The van der Waals surface area contributed by atoms with Crippen molar-refractivity contribution >= 4 is 62.5 Å². The molecule has 0 atom stereocenters. The standard InChI is InChI=1S/C11H5BrCl3N3O/c12-5-1-2-6(7(13)3-5)11(19)18-10-8(14)9(15)16-4-17-10/h1-4H,(H,16,17,18,19). The van der Waals surface area contributed by atoms with Gasteiger partial charge in [-0.25, -0.2) is 9.97 Å². The number of benzene rings is 1. The maximum Gasteiger partial charge on any atom is 0.258 e. The van der Waals surface area contributed by atoms with Gasteiger partial charge in [-0.3, -0.25) is 4.79 Å². The van der Waals surface area contributed by atoms with Gasteiger partial charge in [-0.05, 0) is 18.2 Å². The highest BCUT2D eigenvalue weighted by Gasteiger charge is 2.14. The van der Waals surface area contributed by atoms with Crippen molar-refractivity contribution < 1.29 is 4.79 Å². The Labute approximate surface area is 132 Å². The summed E-state index contributed by atoms with van der Waals surface area (Å²) in [7, 11) is 0. The third-order valence-electron chi connectivity index (χ3n) is 2.15. The van der Waals surface area contributed by atoms with Crippen LogP contribution in [-0.2, 0) is 0 Å². The van der Waals surface area contributed by atoms with Gasteiger partial charge in [0.2, 0.25) is 0 Å². The van der Waals surface area contributed by atoms with Crippen LogP contribution in [0.25, 0.3) is 0 Å². The van der Waals surface area contributed by atoms with E-state index in [0.29, 0.717) is 10.6 Å². The van der Waals surface area contributed by atoms with Gasteiger partial charge in [0, 0.05) is 4.47 Å². The topological polar surface area (TPSA) is 54.9 Å². The third kappa shape index (κ3) is 3.36. The number of aromatic nitrogens is 2. The summed E-state index contributed by atoms with van der Waals surface area (Å²) in [6.45, 7) is 0. The molecular formula is C11H5BrCl3N3O. The van der Waals surface area contributed by atoms with Crippen LogP contribution in [0.1, 0.15) is 10.4 Å². The molecular weight excluding hydrogens is 376 g/mol. The maximum absolute atomic E-state index is 12.0. The number of nitrogens with one attached hydrogen (secondary N) is 1. The molecule has 0 aliphatic rings. The Morgan fingerprint density at radius 2 is 1.95 bits per heavy atom. The van der Waals surface area contributed by atoms with Crippen LogP contribution < -0.4 is 5.32 Å².